The van der Waals surface area contributed by atoms with E-state index in [1.54, 1.807) is 10.7 Å². The summed E-state index contributed by atoms with van der Waals surface area (Å²) in [5, 5.41) is 5.03. The minimum Gasteiger partial charge on any atom is -0.335 e. The molecule has 1 aromatic carbocycles. The van der Waals surface area contributed by atoms with Crippen LogP contribution in [0.3, 0.4) is 0 Å². The predicted octanol–water partition coefficient (Wildman–Crippen LogP) is 3.89. The number of amides is 1. The summed E-state index contributed by atoms with van der Waals surface area (Å²) < 4.78 is 1.81. The molecule has 24 heavy (non-hydrogen) atoms. The van der Waals surface area contributed by atoms with Gasteiger partial charge in [-0.2, -0.15) is 5.10 Å². The summed E-state index contributed by atoms with van der Waals surface area (Å²) >= 11 is 6.12. The first-order chi connectivity index (χ1) is 11.7. The molecule has 1 saturated heterocycles. The first-order valence-corrected chi connectivity index (χ1v) is 8.56. The third-order valence-electron chi connectivity index (χ3n) is 4.65. The fourth-order valence-corrected chi connectivity index (χ4v) is 3.71. The molecule has 3 aromatic rings. The number of rotatable bonds is 3. The number of aromatic nitrogens is 2. The van der Waals surface area contributed by atoms with E-state index in [2.05, 4.69) is 11.2 Å². The standard InChI is InChI=1S/C19H18ClN3O/c20-16-6-3-5-14(11-16)17-8-4-9-22(17)19(24)12-15-13-21-23-10-2-1-7-18(15)23/h1-3,5-7,10-11,13,17H,4,8-9,12H2. The van der Waals surface area contributed by atoms with E-state index in [0.717, 1.165) is 41.1 Å². The molecule has 4 nitrogen and oxygen atoms in total. The third kappa shape index (κ3) is 2.78. The first kappa shape index (κ1) is 15.2. The lowest BCUT2D eigenvalue weighted by Crippen LogP contribution is -2.31. The van der Waals surface area contributed by atoms with Crippen molar-refractivity contribution < 1.29 is 4.79 Å². The number of hydrogen-bond donors (Lipinski definition) is 0. The van der Waals surface area contributed by atoms with Gasteiger partial charge < -0.3 is 4.90 Å². The predicted molar refractivity (Wildman–Crippen MR) is 94.0 cm³/mol. The van der Waals surface area contributed by atoms with E-state index in [4.69, 9.17) is 11.6 Å². The van der Waals surface area contributed by atoms with Crippen molar-refractivity contribution in [1.29, 1.82) is 0 Å². The van der Waals surface area contributed by atoms with Crippen LogP contribution in [0.15, 0.2) is 54.9 Å². The molecule has 2 aromatic heterocycles. The molecule has 4 rings (SSSR count). The Hall–Kier alpha value is -2.33. The van der Waals surface area contributed by atoms with Gasteiger partial charge in [-0.3, -0.25) is 4.79 Å². The van der Waals surface area contributed by atoms with Crippen LogP contribution in [0.4, 0.5) is 0 Å². The second kappa shape index (κ2) is 6.29. The van der Waals surface area contributed by atoms with Crippen molar-refractivity contribution in [1.82, 2.24) is 14.5 Å². The van der Waals surface area contributed by atoms with Gasteiger partial charge in [-0.1, -0.05) is 29.8 Å². The number of carbonyl (C=O) groups is 1. The monoisotopic (exact) mass is 339 g/mol. The highest BCUT2D eigenvalue weighted by Crippen LogP contribution is 2.33. The van der Waals surface area contributed by atoms with Gasteiger partial charge in [0.2, 0.25) is 5.91 Å². The molecule has 1 unspecified atom stereocenters. The van der Waals surface area contributed by atoms with Crippen molar-refractivity contribution in [2.24, 2.45) is 0 Å². The summed E-state index contributed by atoms with van der Waals surface area (Å²) in [4.78, 5) is 14.9. The fourth-order valence-electron chi connectivity index (χ4n) is 3.51. The Morgan fingerprint density at radius 3 is 3.04 bits per heavy atom. The zero-order valence-electron chi connectivity index (χ0n) is 13.2. The van der Waals surface area contributed by atoms with Crippen LogP contribution < -0.4 is 0 Å². The molecule has 1 aliphatic rings. The van der Waals surface area contributed by atoms with E-state index in [1.807, 2.05) is 47.5 Å². The Kier molecular flexibility index (Phi) is 3.98. The molecule has 3 heterocycles. The van der Waals surface area contributed by atoms with E-state index in [0.29, 0.717) is 6.42 Å². The largest absolute Gasteiger partial charge is 0.335 e. The first-order valence-electron chi connectivity index (χ1n) is 8.18. The number of nitrogens with zero attached hydrogens (tertiary/aromatic N) is 3. The minimum absolute atomic E-state index is 0.123. The van der Waals surface area contributed by atoms with Crippen LogP contribution in [-0.2, 0) is 11.2 Å². The molecule has 5 heteroatoms. The van der Waals surface area contributed by atoms with Crippen LogP contribution in [0.2, 0.25) is 5.02 Å². The number of halogens is 1. The van der Waals surface area contributed by atoms with Crippen molar-refractivity contribution in [3.63, 3.8) is 0 Å². The summed E-state index contributed by atoms with van der Waals surface area (Å²) in [7, 11) is 0. The number of pyridine rings is 1. The second-order valence-corrected chi connectivity index (χ2v) is 6.61. The van der Waals surface area contributed by atoms with Gasteiger partial charge in [-0.15, -0.1) is 0 Å². The van der Waals surface area contributed by atoms with Gasteiger partial charge in [0.1, 0.15) is 0 Å². The zero-order valence-corrected chi connectivity index (χ0v) is 14.0. The number of benzene rings is 1. The number of hydrogen-bond acceptors (Lipinski definition) is 2. The van der Waals surface area contributed by atoms with Gasteiger partial charge >= 0.3 is 0 Å². The zero-order chi connectivity index (χ0) is 16.5. The molecule has 122 valence electrons. The van der Waals surface area contributed by atoms with E-state index >= 15 is 0 Å². The van der Waals surface area contributed by atoms with Gasteiger partial charge in [0, 0.05) is 23.3 Å². The molecular weight excluding hydrogens is 322 g/mol. The summed E-state index contributed by atoms with van der Waals surface area (Å²) in [6.45, 7) is 0.801. The molecule has 0 saturated carbocycles. The fraction of sp³-hybridized carbons (Fsp3) is 0.263. The number of carbonyl (C=O) groups excluding carboxylic acids is 1. The van der Waals surface area contributed by atoms with E-state index in [-0.39, 0.29) is 11.9 Å². The summed E-state index contributed by atoms with van der Waals surface area (Å²) in [5.74, 6) is 0.149. The highest BCUT2D eigenvalue weighted by Gasteiger charge is 2.30. The maximum Gasteiger partial charge on any atom is 0.227 e. The van der Waals surface area contributed by atoms with E-state index in [1.165, 1.54) is 0 Å². The SMILES string of the molecule is O=C(Cc1cnn2ccccc12)N1CCCC1c1cccc(Cl)c1. The number of fused-ring (bicyclic) bond motifs is 1. The van der Waals surface area contributed by atoms with Crippen LogP contribution >= 0.6 is 11.6 Å². The molecule has 1 fully saturated rings. The van der Waals surface area contributed by atoms with Crippen molar-refractivity contribution >= 4 is 23.0 Å². The topological polar surface area (TPSA) is 37.6 Å². The molecular formula is C19H18ClN3O. The van der Waals surface area contributed by atoms with Crippen molar-refractivity contribution in [2.45, 2.75) is 25.3 Å². The van der Waals surface area contributed by atoms with Crippen molar-refractivity contribution in [3.8, 4) is 0 Å². The maximum absolute atomic E-state index is 12.9. The second-order valence-electron chi connectivity index (χ2n) is 6.18. The van der Waals surface area contributed by atoms with Crippen LogP contribution in [0.25, 0.3) is 5.52 Å². The smallest absolute Gasteiger partial charge is 0.227 e. The van der Waals surface area contributed by atoms with Crippen LogP contribution in [-0.4, -0.2) is 27.0 Å². The number of likely N-dealkylation sites (tertiary alicyclic amines) is 1. The van der Waals surface area contributed by atoms with Gasteiger partial charge in [0.05, 0.1) is 24.2 Å². The van der Waals surface area contributed by atoms with Gasteiger partial charge in [0.15, 0.2) is 0 Å². The van der Waals surface area contributed by atoms with Gasteiger partial charge in [0.25, 0.3) is 0 Å². The van der Waals surface area contributed by atoms with Crippen molar-refractivity contribution in [2.75, 3.05) is 6.54 Å². The Morgan fingerprint density at radius 1 is 1.25 bits per heavy atom. The maximum atomic E-state index is 12.9. The van der Waals surface area contributed by atoms with E-state index in [9.17, 15) is 4.79 Å². The lowest BCUT2D eigenvalue weighted by molar-refractivity contribution is -0.131. The molecule has 1 atom stereocenters. The molecule has 1 amide bonds. The summed E-state index contributed by atoms with van der Waals surface area (Å²) in [5.41, 5.74) is 3.08. The lowest BCUT2D eigenvalue weighted by atomic mass is 10.0. The van der Waals surface area contributed by atoms with Crippen LogP contribution in [0.5, 0.6) is 0 Å². The van der Waals surface area contributed by atoms with Crippen LogP contribution in [0, 0.1) is 0 Å². The highest BCUT2D eigenvalue weighted by molar-refractivity contribution is 6.30. The molecule has 1 aliphatic heterocycles. The molecule has 0 bridgehead atoms. The normalized spacial score (nSPS) is 17.5. The molecule has 0 N–H and O–H groups in total. The molecule has 0 spiro atoms. The Bertz CT molecular complexity index is 889. The van der Waals surface area contributed by atoms with E-state index < -0.39 is 0 Å². The Morgan fingerprint density at radius 2 is 2.17 bits per heavy atom. The van der Waals surface area contributed by atoms with Gasteiger partial charge in [-0.25, -0.2) is 4.52 Å². The van der Waals surface area contributed by atoms with Gasteiger partial charge in [-0.05, 0) is 42.7 Å². The molecule has 0 radical (unpaired) electrons. The lowest BCUT2D eigenvalue weighted by Gasteiger charge is -2.25. The van der Waals surface area contributed by atoms with Crippen molar-refractivity contribution in [3.05, 3.63) is 71.0 Å². The quantitative estimate of drug-likeness (QED) is 0.726. The Labute approximate surface area is 145 Å². The Balaban J connectivity index is 1.57. The summed E-state index contributed by atoms with van der Waals surface area (Å²) in [6.07, 6.45) is 6.08. The summed E-state index contributed by atoms with van der Waals surface area (Å²) in [6, 6.07) is 13.8. The average Bonchev–Trinajstić information content (AvgIpc) is 3.22. The van der Waals surface area contributed by atoms with Crippen LogP contribution in [0.1, 0.15) is 30.0 Å². The molecule has 0 aliphatic carbocycles. The third-order valence-corrected chi connectivity index (χ3v) is 4.89. The minimum atomic E-state index is 0.123. The highest BCUT2D eigenvalue weighted by atomic mass is 35.5. The average molecular weight is 340 g/mol.